The zero-order valence-corrected chi connectivity index (χ0v) is 13.6. The van der Waals surface area contributed by atoms with E-state index in [1.807, 2.05) is 26.8 Å². The van der Waals surface area contributed by atoms with Crippen LogP contribution in [-0.2, 0) is 15.5 Å². The van der Waals surface area contributed by atoms with Crippen molar-refractivity contribution in [2.45, 2.75) is 49.5 Å². The van der Waals surface area contributed by atoms with Crippen LogP contribution in [-0.4, -0.2) is 44.1 Å². The number of rotatable bonds is 2. The molecule has 0 saturated carbocycles. The van der Waals surface area contributed by atoms with Crippen LogP contribution in [0.25, 0.3) is 0 Å². The number of piperidine rings is 1. The third kappa shape index (κ3) is 4.52. The molecule has 5 nitrogen and oxygen atoms in total. The van der Waals surface area contributed by atoms with Gasteiger partial charge in [-0.3, -0.25) is 4.21 Å². The van der Waals surface area contributed by atoms with Crippen LogP contribution in [0.5, 0.6) is 0 Å². The molecule has 1 aromatic heterocycles. The highest BCUT2D eigenvalue weighted by Gasteiger charge is 2.31. The van der Waals surface area contributed by atoms with Gasteiger partial charge in [0.15, 0.2) is 0 Å². The molecule has 0 radical (unpaired) electrons. The quantitative estimate of drug-likeness (QED) is 0.842. The third-order valence-electron chi connectivity index (χ3n) is 3.18. The Kier molecular flexibility index (Phi) is 4.98. The van der Waals surface area contributed by atoms with Crippen LogP contribution in [0, 0.1) is 0 Å². The average molecular weight is 310 g/mol. The summed E-state index contributed by atoms with van der Waals surface area (Å²) in [6.07, 6.45) is 2.98. The number of aromatic nitrogens is 1. The number of nitrogens with zero attached hydrogens (tertiary/aromatic N) is 2. The van der Waals surface area contributed by atoms with E-state index in [1.54, 1.807) is 23.2 Å². The first-order valence-corrected chi connectivity index (χ1v) is 8.37. The van der Waals surface area contributed by atoms with Crippen LogP contribution >= 0.6 is 0 Å². The maximum absolute atomic E-state index is 12.5. The predicted octanol–water partition coefficient (Wildman–Crippen LogP) is 2.59. The SMILES string of the molecule is CC(C)(C)OC(=O)N1CCC[C@@H]([S@@](=O)c2ccccn2)C1. The van der Waals surface area contributed by atoms with Crippen molar-refractivity contribution in [1.82, 2.24) is 9.88 Å². The van der Waals surface area contributed by atoms with Gasteiger partial charge in [-0.15, -0.1) is 0 Å². The minimum atomic E-state index is -1.19. The molecule has 1 fully saturated rings. The van der Waals surface area contributed by atoms with E-state index in [-0.39, 0.29) is 11.3 Å². The summed E-state index contributed by atoms with van der Waals surface area (Å²) in [5, 5.41) is 0.495. The van der Waals surface area contributed by atoms with Crippen LogP contribution in [0.1, 0.15) is 33.6 Å². The van der Waals surface area contributed by atoms with Crippen molar-refractivity contribution in [3.05, 3.63) is 24.4 Å². The number of likely N-dealkylation sites (tertiary alicyclic amines) is 1. The van der Waals surface area contributed by atoms with Gasteiger partial charge in [-0.2, -0.15) is 0 Å². The molecule has 1 amide bonds. The molecule has 0 spiro atoms. The molecule has 2 atom stereocenters. The fourth-order valence-electron chi connectivity index (χ4n) is 2.24. The Hall–Kier alpha value is -1.43. The second-order valence-electron chi connectivity index (χ2n) is 6.16. The zero-order chi connectivity index (χ0) is 15.5. The standard InChI is InChI=1S/C15H22N2O3S/c1-15(2,3)20-14(18)17-10-6-7-12(11-17)21(19)13-8-4-5-9-16-13/h4-5,8-9,12H,6-7,10-11H2,1-3H3/t12-,21-/m1/s1. The second-order valence-corrected chi connectivity index (χ2v) is 7.84. The topological polar surface area (TPSA) is 59.5 Å². The lowest BCUT2D eigenvalue weighted by Crippen LogP contribution is -2.45. The van der Waals surface area contributed by atoms with E-state index in [4.69, 9.17) is 4.74 Å². The molecule has 6 heteroatoms. The van der Waals surface area contributed by atoms with Crippen molar-refractivity contribution in [2.24, 2.45) is 0 Å². The molecule has 2 heterocycles. The van der Waals surface area contributed by atoms with Gasteiger partial charge in [-0.05, 0) is 45.7 Å². The minimum Gasteiger partial charge on any atom is -0.444 e. The summed E-state index contributed by atoms with van der Waals surface area (Å²) in [6.45, 7) is 6.65. The van der Waals surface area contributed by atoms with Gasteiger partial charge >= 0.3 is 6.09 Å². The van der Waals surface area contributed by atoms with Gasteiger partial charge in [0.25, 0.3) is 0 Å². The highest BCUT2D eigenvalue weighted by Crippen LogP contribution is 2.21. The number of carbonyl (C=O) groups is 1. The van der Waals surface area contributed by atoms with Crippen LogP contribution in [0.3, 0.4) is 0 Å². The predicted molar refractivity (Wildman–Crippen MR) is 81.5 cm³/mol. The van der Waals surface area contributed by atoms with Crippen molar-refractivity contribution >= 4 is 16.9 Å². The van der Waals surface area contributed by atoms with Gasteiger partial charge in [-0.1, -0.05) is 6.07 Å². The maximum atomic E-state index is 12.5. The summed E-state index contributed by atoms with van der Waals surface area (Å²) in [7, 11) is -1.19. The molecule has 1 aliphatic rings. The van der Waals surface area contributed by atoms with Gasteiger partial charge in [0.2, 0.25) is 0 Å². The van der Waals surface area contributed by atoms with Gasteiger partial charge in [0, 0.05) is 19.3 Å². The summed E-state index contributed by atoms with van der Waals surface area (Å²) in [5.74, 6) is 0. The number of ether oxygens (including phenoxy) is 1. The summed E-state index contributed by atoms with van der Waals surface area (Å²) < 4.78 is 17.9. The lowest BCUT2D eigenvalue weighted by molar-refractivity contribution is 0.0219. The summed E-state index contributed by atoms with van der Waals surface area (Å²) in [5.41, 5.74) is -0.510. The van der Waals surface area contributed by atoms with E-state index < -0.39 is 16.4 Å². The fraction of sp³-hybridized carbons (Fsp3) is 0.600. The first kappa shape index (κ1) is 15.9. The maximum Gasteiger partial charge on any atom is 0.410 e. The first-order valence-electron chi connectivity index (χ1n) is 7.16. The third-order valence-corrected chi connectivity index (χ3v) is 4.82. The van der Waals surface area contributed by atoms with Crippen molar-refractivity contribution in [2.75, 3.05) is 13.1 Å². The van der Waals surface area contributed by atoms with Gasteiger partial charge in [-0.25, -0.2) is 9.78 Å². The molecule has 1 aromatic rings. The molecular weight excluding hydrogens is 288 g/mol. The Morgan fingerprint density at radius 2 is 2.19 bits per heavy atom. The Morgan fingerprint density at radius 3 is 2.81 bits per heavy atom. The van der Waals surface area contributed by atoms with Crippen LogP contribution in [0.15, 0.2) is 29.4 Å². The number of hydrogen-bond acceptors (Lipinski definition) is 4. The van der Waals surface area contributed by atoms with Gasteiger partial charge in [0.05, 0.1) is 16.0 Å². The Labute approximate surface area is 128 Å². The minimum absolute atomic E-state index is 0.0823. The molecule has 0 aliphatic carbocycles. The van der Waals surface area contributed by atoms with E-state index in [9.17, 15) is 9.00 Å². The average Bonchev–Trinajstić information content (AvgIpc) is 2.46. The number of hydrogen-bond donors (Lipinski definition) is 0. The smallest absolute Gasteiger partial charge is 0.410 e. The lowest BCUT2D eigenvalue weighted by Gasteiger charge is -2.33. The van der Waals surface area contributed by atoms with Crippen LogP contribution in [0.4, 0.5) is 4.79 Å². The molecule has 1 aliphatic heterocycles. The molecular formula is C15H22N2O3S. The van der Waals surface area contributed by atoms with Crippen LogP contribution in [0.2, 0.25) is 0 Å². The molecule has 21 heavy (non-hydrogen) atoms. The lowest BCUT2D eigenvalue weighted by atomic mass is 10.1. The first-order chi connectivity index (χ1) is 9.87. The Bertz CT molecular complexity index is 513. The van der Waals surface area contributed by atoms with E-state index >= 15 is 0 Å². The number of carbonyl (C=O) groups excluding carboxylic acids is 1. The van der Waals surface area contributed by atoms with E-state index in [0.29, 0.717) is 18.1 Å². The van der Waals surface area contributed by atoms with Crippen LogP contribution < -0.4 is 0 Å². The summed E-state index contributed by atoms with van der Waals surface area (Å²) >= 11 is 0. The Morgan fingerprint density at radius 1 is 1.43 bits per heavy atom. The zero-order valence-electron chi connectivity index (χ0n) is 12.7. The molecule has 0 unspecified atom stereocenters. The summed E-state index contributed by atoms with van der Waals surface area (Å²) in [4.78, 5) is 17.9. The summed E-state index contributed by atoms with van der Waals surface area (Å²) in [6, 6.07) is 5.39. The van der Waals surface area contributed by atoms with E-state index in [0.717, 1.165) is 12.8 Å². The number of pyridine rings is 1. The largest absolute Gasteiger partial charge is 0.444 e. The monoisotopic (exact) mass is 310 g/mol. The van der Waals surface area contributed by atoms with Gasteiger partial charge in [0.1, 0.15) is 10.6 Å². The van der Waals surface area contributed by atoms with Crippen molar-refractivity contribution in [3.63, 3.8) is 0 Å². The normalized spacial score (nSPS) is 20.9. The van der Waals surface area contributed by atoms with E-state index in [1.165, 1.54) is 0 Å². The van der Waals surface area contributed by atoms with Crippen molar-refractivity contribution < 1.29 is 13.7 Å². The van der Waals surface area contributed by atoms with E-state index in [2.05, 4.69) is 4.98 Å². The molecule has 0 aromatic carbocycles. The number of amides is 1. The second kappa shape index (κ2) is 6.56. The van der Waals surface area contributed by atoms with Crippen molar-refractivity contribution in [3.8, 4) is 0 Å². The highest BCUT2D eigenvalue weighted by atomic mass is 32.2. The fourth-order valence-corrected chi connectivity index (χ4v) is 3.66. The van der Waals surface area contributed by atoms with Gasteiger partial charge < -0.3 is 9.64 Å². The molecule has 0 N–H and O–H groups in total. The molecule has 1 saturated heterocycles. The highest BCUT2D eigenvalue weighted by molar-refractivity contribution is 7.85. The van der Waals surface area contributed by atoms with Crippen molar-refractivity contribution in [1.29, 1.82) is 0 Å². The Balaban J connectivity index is 2.01. The molecule has 0 bridgehead atoms. The molecule has 116 valence electrons. The molecule has 2 rings (SSSR count).